The van der Waals surface area contributed by atoms with Crippen LogP contribution in [-0.2, 0) is 9.59 Å². The number of thioether (sulfide) groups is 1. The Balaban J connectivity index is 2.53. The van der Waals surface area contributed by atoms with Gasteiger partial charge in [0.15, 0.2) is 0 Å². The third-order valence-corrected chi connectivity index (χ3v) is 4.72. The van der Waals surface area contributed by atoms with Crippen LogP contribution in [0.15, 0.2) is 34.4 Å². The lowest BCUT2D eigenvalue weighted by Gasteiger charge is -2.21. The molecule has 1 unspecified atom stereocenters. The topological polar surface area (TPSA) is 189 Å². The summed E-state index contributed by atoms with van der Waals surface area (Å²) in [4.78, 5) is 63.6. The van der Waals surface area contributed by atoms with E-state index >= 15 is 0 Å². The van der Waals surface area contributed by atoms with Gasteiger partial charge in [-0.3, -0.25) is 39.6 Å². The van der Waals surface area contributed by atoms with Crippen LogP contribution < -0.4 is 5.73 Å². The highest BCUT2D eigenvalue weighted by atomic mass is 32.2. The van der Waals surface area contributed by atoms with Gasteiger partial charge in [0.25, 0.3) is 11.6 Å². The van der Waals surface area contributed by atoms with Crippen molar-refractivity contribution in [2.75, 3.05) is 0 Å². The van der Waals surface area contributed by atoms with Crippen molar-refractivity contribution in [2.24, 2.45) is 16.1 Å². The van der Waals surface area contributed by atoms with E-state index in [1.807, 2.05) is 0 Å². The summed E-state index contributed by atoms with van der Waals surface area (Å²) in [5, 5.41) is 21.1. The minimum absolute atomic E-state index is 0.321. The molecule has 0 saturated carbocycles. The summed E-state index contributed by atoms with van der Waals surface area (Å²) in [7, 11) is 0. The van der Waals surface area contributed by atoms with E-state index in [9.17, 15) is 34.6 Å². The second-order valence-electron chi connectivity index (χ2n) is 5.39. The summed E-state index contributed by atoms with van der Waals surface area (Å²) in [5.41, 5.74) is 2.49. The Labute approximate surface area is 154 Å². The summed E-state index contributed by atoms with van der Waals surface area (Å²) in [6.45, 7) is 1.08. The molecule has 0 fully saturated rings. The van der Waals surface area contributed by atoms with E-state index < -0.39 is 55.7 Å². The first-order chi connectivity index (χ1) is 12.6. The van der Waals surface area contributed by atoms with Crippen molar-refractivity contribution in [1.29, 1.82) is 0 Å². The molecule has 12 nitrogen and oxygen atoms in total. The molecule has 0 spiro atoms. The number of pyridine rings is 1. The lowest BCUT2D eigenvalue weighted by atomic mass is 9.81. The van der Waals surface area contributed by atoms with Crippen LogP contribution in [0.2, 0.25) is 0 Å². The number of nitrogens with zero attached hydrogens (tertiary/aromatic N) is 4. The summed E-state index contributed by atoms with van der Waals surface area (Å²) >= 11 is 0.430. The minimum atomic E-state index is -1.85. The van der Waals surface area contributed by atoms with E-state index in [0.717, 1.165) is 31.3 Å². The molecule has 2 amide bonds. The van der Waals surface area contributed by atoms with Gasteiger partial charge in [-0.1, -0.05) is 0 Å². The van der Waals surface area contributed by atoms with E-state index in [1.165, 1.54) is 0 Å². The summed E-state index contributed by atoms with van der Waals surface area (Å²) < 4.78 is 0. The molecular formula is C14H11N5O7S. The van der Waals surface area contributed by atoms with Crippen LogP contribution in [0.1, 0.15) is 23.8 Å². The fourth-order valence-electron chi connectivity index (χ4n) is 2.28. The van der Waals surface area contributed by atoms with E-state index in [0.29, 0.717) is 11.8 Å². The van der Waals surface area contributed by atoms with Gasteiger partial charge < -0.3 is 5.73 Å². The molecule has 2 rings (SSSR count). The first-order valence-corrected chi connectivity index (χ1v) is 7.97. The predicted octanol–water partition coefficient (Wildman–Crippen LogP) is 0.844. The number of carbonyl (C=O) groups is 3. The van der Waals surface area contributed by atoms with Gasteiger partial charge in [-0.05, 0) is 6.92 Å². The van der Waals surface area contributed by atoms with Crippen molar-refractivity contribution in [2.45, 2.75) is 13.3 Å². The third kappa shape index (κ3) is 4.03. The van der Waals surface area contributed by atoms with Crippen LogP contribution in [0.3, 0.4) is 0 Å². The quantitative estimate of drug-likeness (QED) is 0.539. The van der Waals surface area contributed by atoms with Crippen LogP contribution in [0.5, 0.6) is 0 Å². The van der Waals surface area contributed by atoms with Gasteiger partial charge in [0.2, 0.25) is 5.91 Å². The third-order valence-electron chi connectivity index (χ3n) is 3.59. The van der Waals surface area contributed by atoms with Crippen LogP contribution in [0.25, 0.3) is 0 Å². The number of aromatic nitrogens is 1. The summed E-state index contributed by atoms with van der Waals surface area (Å²) in [5.74, 6) is -2.67. The molecular weight excluding hydrogens is 382 g/mol. The second-order valence-corrected chi connectivity index (χ2v) is 6.40. The monoisotopic (exact) mass is 393 g/mol. The van der Waals surface area contributed by atoms with Crippen molar-refractivity contribution in [1.82, 2.24) is 4.98 Å². The molecule has 0 saturated heterocycles. The lowest BCUT2D eigenvalue weighted by molar-refractivity contribution is -0.410. The lowest BCUT2D eigenvalue weighted by Crippen LogP contribution is -2.37. The number of hydrogen-bond donors (Lipinski definition) is 1. The average molecular weight is 393 g/mol. The average Bonchev–Trinajstić information content (AvgIpc) is 2.94. The number of amides is 2. The molecule has 1 aromatic rings. The molecule has 2 heterocycles. The van der Waals surface area contributed by atoms with Crippen LogP contribution in [0, 0.1) is 25.6 Å². The Morgan fingerprint density at radius 2 is 1.96 bits per heavy atom. The number of carbonyl (C=O) groups excluding carboxylic acids is 3. The number of hydrogen-bond acceptors (Lipinski definition) is 9. The van der Waals surface area contributed by atoms with E-state index in [-0.39, 0.29) is 5.04 Å². The van der Waals surface area contributed by atoms with Gasteiger partial charge in [-0.2, -0.15) is 0 Å². The number of allylic oxidation sites excluding steroid dienone is 1. The smallest absolute Gasteiger partial charge is 0.306 e. The molecule has 0 aliphatic carbocycles. The van der Waals surface area contributed by atoms with Gasteiger partial charge >= 0.3 is 5.03 Å². The number of rotatable bonds is 6. The highest BCUT2D eigenvalue weighted by molar-refractivity contribution is 8.17. The Kier molecular flexibility index (Phi) is 5.44. The molecule has 1 atom stereocenters. The van der Waals surface area contributed by atoms with Crippen molar-refractivity contribution in [3.8, 4) is 0 Å². The summed E-state index contributed by atoms with van der Waals surface area (Å²) in [6, 6.07) is 1.94. The largest absolute Gasteiger partial charge is 0.370 e. The predicted molar refractivity (Wildman–Crippen MR) is 92.3 cm³/mol. The Bertz CT molecular complexity index is 942. The highest BCUT2D eigenvalue weighted by Gasteiger charge is 2.50. The number of nitrogens with two attached hydrogens (primary N) is 1. The molecule has 140 valence electrons. The van der Waals surface area contributed by atoms with Crippen LogP contribution in [0.4, 0.5) is 5.69 Å². The zero-order valence-corrected chi connectivity index (χ0v) is 14.5. The first-order valence-electron chi connectivity index (χ1n) is 7.15. The van der Waals surface area contributed by atoms with Gasteiger partial charge in [0, 0.05) is 42.6 Å². The minimum Gasteiger partial charge on any atom is -0.370 e. The Morgan fingerprint density at radius 1 is 1.30 bits per heavy atom. The van der Waals surface area contributed by atoms with Crippen molar-refractivity contribution in [3.05, 3.63) is 55.4 Å². The van der Waals surface area contributed by atoms with Gasteiger partial charge in [-0.25, -0.2) is 4.99 Å². The van der Waals surface area contributed by atoms with Crippen molar-refractivity contribution in [3.63, 3.8) is 0 Å². The standard InChI is InChI=1S/C14H11N5O7S/c1-7(20)14(5-10(15)21)6-11(19(25)26)27-13(14)17-12(22)9-4-8(18(23)24)2-3-16-9/h2-4,6H,5H2,1H3,(H2,15,21). The number of Topliss-reactive ketones (excluding diaryl/α,β-unsaturated/α-hetero) is 1. The molecule has 2 N–H and O–H groups in total. The maximum absolute atomic E-state index is 12.3. The maximum atomic E-state index is 12.3. The van der Waals surface area contributed by atoms with Crippen LogP contribution >= 0.6 is 11.8 Å². The van der Waals surface area contributed by atoms with Gasteiger partial charge in [0.05, 0.1) is 9.85 Å². The van der Waals surface area contributed by atoms with Crippen molar-refractivity contribution < 1.29 is 24.2 Å². The summed E-state index contributed by atoms with van der Waals surface area (Å²) in [6.07, 6.45) is 1.33. The number of ketones is 1. The molecule has 13 heteroatoms. The highest BCUT2D eigenvalue weighted by Crippen LogP contribution is 2.44. The molecule has 1 aliphatic heterocycles. The number of aliphatic imine (C=N–C) groups is 1. The molecule has 1 aromatic heterocycles. The molecule has 0 radical (unpaired) electrons. The molecule has 0 bridgehead atoms. The Hall–Kier alpha value is -3.48. The SMILES string of the molecule is CC(=O)C1(CC(N)=O)C=C([N+](=O)[O-])SC1=NC(=O)c1cc([N+](=O)[O-])ccn1. The first kappa shape index (κ1) is 19.8. The normalized spacial score (nSPS) is 20.2. The second kappa shape index (κ2) is 7.41. The van der Waals surface area contributed by atoms with E-state index in [2.05, 4.69) is 9.98 Å². The van der Waals surface area contributed by atoms with Crippen molar-refractivity contribution >= 4 is 40.1 Å². The zero-order valence-electron chi connectivity index (χ0n) is 13.6. The van der Waals surface area contributed by atoms with E-state index in [4.69, 9.17) is 5.73 Å². The van der Waals surface area contributed by atoms with Gasteiger partial charge in [0.1, 0.15) is 21.9 Å². The fraction of sp³-hybridized carbons (Fsp3) is 0.214. The van der Waals surface area contributed by atoms with E-state index in [1.54, 1.807) is 0 Å². The maximum Gasteiger partial charge on any atom is 0.306 e. The molecule has 27 heavy (non-hydrogen) atoms. The van der Waals surface area contributed by atoms with Gasteiger partial charge in [-0.15, -0.1) is 0 Å². The zero-order chi connectivity index (χ0) is 20.4. The molecule has 0 aromatic carbocycles. The number of primary amides is 1. The molecule has 1 aliphatic rings. The Morgan fingerprint density at radius 3 is 2.48 bits per heavy atom. The fourth-order valence-corrected chi connectivity index (χ4v) is 3.40. The number of nitro groups is 2. The van der Waals surface area contributed by atoms with Crippen LogP contribution in [-0.4, -0.2) is 37.5 Å².